The molecule has 3 atom stereocenters. The van der Waals surface area contributed by atoms with E-state index in [4.69, 9.17) is 9.47 Å². The molecule has 0 radical (unpaired) electrons. The smallest absolute Gasteiger partial charge is 0.142 e. The second-order valence-corrected chi connectivity index (χ2v) is 6.39. The van der Waals surface area contributed by atoms with Crippen molar-refractivity contribution in [1.29, 1.82) is 0 Å². The molecule has 1 heterocycles. The van der Waals surface area contributed by atoms with Crippen LogP contribution in [-0.4, -0.2) is 25.9 Å². The van der Waals surface area contributed by atoms with Gasteiger partial charge in [0.2, 0.25) is 0 Å². The molecule has 0 spiro atoms. The van der Waals surface area contributed by atoms with Crippen LogP contribution in [-0.2, 0) is 4.74 Å². The fourth-order valence-electron chi connectivity index (χ4n) is 3.70. The second-order valence-electron chi connectivity index (χ2n) is 6.39. The summed E-state index contributed by atoms with van der Waals surface area (Å²) in [6, 6.07) is 6.79. The zero-order valence-corrected chi connectivity index (χ0v) is 12.2. The molecule has 0 bridgehead atoms. The van der Waals surface area contributed by atoms with E-state index in [1.165, 1.54) is 12.0 Å². The van der Waals surface area contributed by atoms with E-state index >= 15 is 0 Å². The molecule has 0 aromatic heterocycles. The molecule has 1 N–H and O–H groups in total. The van der Waals surface area contributed by atoms with E-state index < -0.39 is 0 Å². The van der Waals surface area contributed by atoms with Gasteiger partial charge >= 0.3 is 0 Å². The standard InChI is InChI=1S/C16H23NO2/c1-10-5-6-12(13(9-10)18-4)17-14-11-7-8-19-15(11)16(14,2)3/h5-6,9,11,14-15,17H,7-8H2,1-4H3. The van der Waals surface area contributed by atoms with Gasteiger partial charge < -0.3 is 14.8 Å². The fourth-order valence-corrected chi connectivity index (χ4v) is 3.70. The highest BCUT2D eigenvalue weighted by Crippen LogP contribution is 2.53. The van der Waals surface area contributed by atoms with Gasteiger partial charge in [-0.1, -0.05) is 19.9 Å². The Morgan fingerprint density at radius 1 is 1.37 bits per heavy atom. The summed E-state index contributed by atoms with van der Waals surface area (Å²) in [7, 11) is 1.73. The summed E-state index contributed by atoms with van der Waals surface area (Å²) in [6.45, 7) is 7.57. The number of hydrogen-bond acceptors (Lipinski definition) is 3. The molecular formula is C16H23NO2. The van der Waals surface area contributed by atoms with Gasteiger partial charge in [0.15, 0.2) is 0 Å². The number of nitrogens with one attached hydrogen (secondary N) is 1. The normalized spacial score (nSPS) is 31.5. The molecule has 3 nitrogen and oxygen atoms in total. The molecule has 3 rings (SSSR count). The van der Waals surface area contributed by atoms with Gasteiger partial charge in [-0.25, -0.2) is 0 Å². The molecule has 3 heteroatoms. The first kappa shape index (κ1) is 12.8. The molecule has 1 aromatic rings. The lowest BCUT2D eigenvalue weighted by molar-refractivity contribution is -0.0923. The van der Waals surface area contributed by atoms with E-state index in [0.29, 0.717) is 18.1 Å². The van der Waals surface area contributed by atoms with Crippen molar-refractivity contribution in [3.63, 3.8) is 0 Å². The minimum absolute atomic E-state index is 0.192. The van der Waals surface area contributed by atoms with Crippen LogP contribution in [0.5, 0.6) is 5.75 Å². The van der Waals surface area contributed by atoms with Crippen LogP contribution in [0.4, 0.5) is 5.69 Å². The molecule has 3 unspecified atom stereocenters. The lowest BCUT2D eigenvalue weighted by Crippen LogP contribution is -2.63. The largest absolute Gasteiger partial charge is 0.495 e. The van der Waals surface area contributed by atoms with Crippen molar-refractivity contribution in [3.05, 3.63) is 23.8 Å². The molecule has 0 amide bonds. The molecule has 2 fully saturated rings. The van der Waals surface area contributed by atoms with Gasteiger partial charge in [0.05, 0.1) is 18.9 Å². The SMILES string of the molecule is COc1cc(C)ccc1NC1C2CCOC2C1(C)C. The summed E-state index contributed by atoms with van der Waals surface area (Å²) in [6.07, 6.45) is 1.58. The van der Waals surface area contributed by atoms with Gasteiger partial charge in [0.1, 0.15) is 5.75 Å². The van der Waals surface area contributed by atoms with E-state index in [9.17, 15) is 0 Å². The van der Waals surface area contributed by atoms with Crippen molar-refractivity contribution >= 4 is 5.69 Å². The zero-order chi connectivity index (χ0) is 13.6. The van der Waals surface area contributed by atoms with Crippen molar-refractivity contribution < 1.29 is 9.47 Å². The molecule has 1 saturated carbocycles. The van der Waals surface area contributed by atoms with Crippen LogP contribution in [0.3, 0.4) is 0 Å². The molecular weight excluding hydrogens is 238 g/mol. The average Bonchev–Trinajstić information content (AvgIpc) is 2.83. The van der Waals surface area contributed by atoms with E-state index in [1.807, 2.05) is 0 Å². The molecule has 104 valence electrons. The average molecular weight is 261 g/mol. The lowest BCUT2D eigenvalue weighted by atomic mass is 9.57. The summed E-state index contributed by atoms with van der Waals surface area (Å²) < 4.78 is 11.3. The minimum atomic E-state index is 0.192. The van der Waals surface area contributed by atoms with Crippen molar-refractivity contribution in [2.45, 2.75) is 39.3 Å². The number of methoxy groups -OCH3 is 1. The third-order valence-electron chi connectivity index (χ3n) is 4.77. The number of anilines is 1. The van der Waals surface area contributed by atoms with E-state index in [-0.39, 0.29) is 5.41 Å². The van der Waals surface area contributed by atoms with Crippen LogP contribution >= 0.6 is 0 Å². The summed E-state index contributed by atoms with van der Waals surface area (Å²) in [5.41, 5.74) is 2.51. The first-order valence-electron chi connectivity index (χ1n) is 7.07. The Bertz CT molecular complexity index is 484. The topological polar surface area (TPSA) is 30.5 Å². The molecule has 1 aliphatic carbocycles. The van der Waals surface area contributed by atoms with Gasteiger partial charge in [-0.2, -0.15) is 0 Å². The van der Waals surface area contributed by atoms with Crippen molar-refractivity contribution in [2.24, 2.45) is 11.3 Å². The summed E-state index contributed by atoms with van der Waals surface area (Å²) >= 11 is 0. The van der Waals surface area contributed by atoms with Gasteiger partial charge in [-0.05, 0) is 31.0 Å². The monoisotopic (exact) mass is 261 g/mol. The molecule has 19 heavy (non-hydrogen) atoms. The predicted molar refractivity (Wildman–Crippen MR) is 76.8 cm³/mol. The maximum Gasteiger partial charge on any atom is 0.142 e. The Morgan fingerprint density at radius 3 is 2.89 bits per heavy atom. The number of aryl methyl sites for hydroxylation is 1. The van der Waals surface area contributed by atoms with Crippen molar-refractivity contribution in [3.8, 4) is 5.75 Å². The number of rotatable bonds is 3. The van der Waals surface area contributed by atoms with Gasteiger partial charge in [0.25, 0.3) is 0 Å². The Morgan fingerprint density at radius 2 is 2.16 bits per heavy atom. The predicted octanol–water partition coefficient (Wildman–Crippen LogP) is 3.23. The van der Waals surface area contributed by atoms with Crippen LogP contribution in [0.2, 0.25) is 0 Å². The fraction of sp³-hybridized carbons (Fsp3) is 0.625. The van der Waals surface area contributed by atoms with Crippen LogP contribution in [0.15, 0.2) is 18.2 Å². The molecule has 2 aliphatic rings. The number of fused-ring (bicyclic) bond motifs is 1. The zero-order valence-electron chi connectivity index (χ0n) is 12.2. The Kier molecular flexibility index (Phi) is 2.97. The third-order valence-corrected chi connectivity index (χ3v) is 4.77. The lowest BCUT2D eigenvalue weighted by Gasteiger charge is -2.55. The summed E-state index contributed by atoms with van der Waals surface area (Å²) in [5.74, 6) is 1.57. The van der Waals surface area contributed by atoms with Crippen LogP contribution in [0.25, 0.3) is 0 Å². The number of hydrogen-bond donors (Lipinski definition) is 1. The summed E-state index contributed by atoms with van der Waals surface area (Å²) in [4.78, 5) is 0. The maximum absolute atomic E-state index is 5.84. The second kappa shape index (κ2) is 4.41. The molecule has 1 saturated heterocycles. The highest BCUT2D eigenvalue weighted by Gasteiger charge is 2.59. The van der Waals surface area contributed by atoms with Crippen LogP contribution in [0.1, 0.15) is 25.8 Å². The number of benzene rings is 1. The Balaban J connectivity index is 1.82. The third kappa shape index (κ3) is 1.91. The number of ether oxygens (including phenoxy) is 2. The first-order valence-corrected chi connectivity index (χ1v) is 7.07. The summed E-state index contributed by atoms with van der Waals surface area (Å²) in [5, 5.41) is 3.68. The van der Waals surface area contributed by atoms with Crippen LogP contribution < -0.4 is 10.1 Å². The van der Waals surface area contributed by atoms with Gasteiger partial charge in [0, 0.05) is 24.0 Å². The van der Waals surface area contributed by atoms with Crippen molar-refractivity contribution in [1.82, 2.24) is 0 Å². The maximum atomic E-state index is 5.84. The highest BCUT2D eigenvalue weighted by atomic mass is 16.5. The van der Waals surface area contributed by atoms with Crippen molar-refractivity contribution in [2.75, 3.05) is 19.0 Å². The van der Waals surface area contributed by atoms with Gasteiger partial charge in [-0.3, -0.25) is 0 Å². The molecule has 1 aliphatic heterocycles. The molecule has 1 aromatic carbocycles. The highest BCUT2D eigenvalue weighted by molar-refractivity contribution is 5.59. The first-order chi connectivity index (χ1) is 9.04. The van der Waals surface area contributed by atoms with Crippen LogP contribution in [0, 0.1) is 18.3 Å². The Labute approximate surface area is 115 Å². The van der Waals surface area contributed by atoms with E-state index in [0.717, 1.165) is 18.0 Å². The van der Waals surface area contributed by atoms with Gasteiger partial charge in [-0.15, -0.1) is 0 Å². The minimum Gasteiger partial charge on any atom is -0.495 e. The Hall–Kier alpha value is -1.22. The van der Waals surface area contributed by atoms with E-state index in [2.05, 4.69) is 44.3 Å². The quantitative estimate of drug-likeness (QED) is 0.906. The van der Waals surface area contributed by atoms with E-state index in [1.54, 1.807) is 7.11 Å².